The van der Waals surface area contributed by atoms with E-state index in [1.54, 1.807) is 32.6 Å². The van der Waals surface area contributed by atoms with E-state index in [-0.39, 0.29) is 22.4 Å². The van der Waals surface area contributed by atoms with Gasteiger partial charge in [-0.2, -0.15) is 0 Å². The molecule has 1 aromatic carbocycles. The van der Waals surface area contributed by atoms with Gasteiger partial charge in [0.05, 0.1) is 33.1 Å². The summed E-state index contributed by atoms with van der Waals surface area (Å²) in [7, 11) is 5.34. The quantitative estimate of drug-likeness (QED) is 0.304. The number of benzene rings is 1. The molecule has 7 rings (SSSR count). The zero-order valence-electron chi connectivity index (χ0n) is 22.6. The van der Waals surface area contributed by atoms with Gasteiger partial charge in [-0.15, -0.1) is 0 Å². The third-order valence-corrected chi connectivity index (χ3v) is 8.61. The molecule has 2 aliphatic heterocycles. The maximum Gasteiger partial charge on any atom is 0.341 e. The van der Waals surface area contributed by atoms with Crippen LogP contribution in [0.1, 0.15) is 16.8 Å². The van der Waals surface area contributed by atoms with Crippen molar-refractivity contribution in [2.75, 3.05) is 43.9 Å². The van der Waals surface area contributed by atoms with Crippen LogP contribution in [0.4, 0.5) is 20.2 Å². The van der Waals surface area contributed by atoms with Crippen molar-refractivity contribution in [3.05, 3.63) is 58.1 Å². The highest BCUT2D eigenvalue weighted by molar-refractivity contribution is 6.18. The standard InChI is InChI=1S/C29H27F2N7O3/c1-32-19-7-18(30)23(31)21-22-25(38-5-4-13-10-36(2)12-20(13)38)16(9-33-27(22)35-24(19)21)14-6-15-26(39)17(29(40)41)11-37(3)28(15)34-8-14/h6-9,11,13,20,32H,4-5,10,12H2,1-3H3,(H,33,35)(H,40,41)/t13-,20+/m1/s1. The van der Waals surface area contributed by atoms with Crippen molar-refractivity contribution in [3.8, 4) is 11.1 Å². The Kier molecular flexibility index (Phi) is 5.55. The van der Waals surface area contributed by atoms with Crippen LogP contribution >= 0.6 is 0 Å². The van der Waals surface area contributed by atoms with E-state index in [0.717, 1.165) is 25.6 Å². The average Bonchev–Trinajstić information content (AvgIpc) is 3.64. The largest absolute Gasteiger partial charge is 0.477 e. The van der Waals surface area contributed by atoms with Crippen LogP contribution in [0.25, 0.3) is 44.1 Å². The summed E-state index contributed by atoms with van der Waals surface area (Å²) in [6, 6.07) is 2.88. The molecule has 0 saturated carbocycles. The second-order valence-electron chi connectivity index (χ2n) is 11.0. The van der Waals surface area contributed by atoms with Crippen LogP contribution in [0.5, 0.6) is 0 Å². The Labute approximate surface area is 232 Å². The molecule has 0 aliphatic carbocycles. The van der Waals surface area contributed by atoms with Crippen molar-refractivity contribution in [3.63, 3.8) is 0 Å². The van der Waals surface area contributed by atoms with Crippen molar-refractivity contribution in [1.29, 1.82) is 0 Å². The Bertz CT molecular complexity index is 1990. The Hall–Kier alpha value is -4.58. The van der Waals surface area contributed by atoms with E-state index >= 15 is 4.39 Å². The van der Waals surface area contributed by atoms with Crippen LogP contribution < -0.4 is 15.6 Å². The monoisotopic (exact) mass is 559 g/mol. The van der Waals surface area contributed by atoms with Gasteiger partial charge in [-0.25, -0.2) is 23.5 Å². The van der Waals surface area contributed by atoms with E-state index in [0.29, 0.717) is 57.2 Å². The number of carboxylic acid groups (broad SMARTS) is 1. The van der Waals surface area contributed by atoms with E-state index in [9.17, 15) is 19.1 Å². The number of nitrogens with one attached hydrogen (secondary N) is 2. The second-order valence-corrected chi connectivity index (χ2v) is 11.0. The van der Waals surface area contributed by atoms with Gasteiger partial charge in [0.15, 0.2) is 11.6 Å². The first-order valence-corrected chi connectivity index (χ1v) is 13.4. The van der Waals surface area contributed by atoms with Crippen molar-refractivity contribution in [2.45, 2.75) is 12.5 Å². The number of aromatic amines is 1. The number of aryl methyl sites for hydroxylation is 1. The number of carbonyl (C=O) groups is 1. The highest BCUT2D eigenvalue weighted by atomic mass is 19.2. The van der Waals surface area contributed by atoms with Gasteiger partial charge in [0, 0.05) is 75.6 Å². The maximum atomic E-state index is 15.6. The zero-order chi connectivity index (χ0) is 28.7. The fraction of sp³-hybridized carbons (Fsp3) is 0.310. The Balaban J connectivity index is 1.57. The van der Waals surface area contributed by atoms with E-state index in [1.165, 1.54) is 10.8 Å². The molecule has 5 aromatic rings. The lowest BCUT2D eigenvalue weighted by atomic mass is 9.99. The number of aromatic carboxylic acids is 1. The van der Waals surface area contributed by atoms with Gasteiger partial charge in [0.2, 0.25) is 5.43 Å². The number of carboxylic acids is 1. The summed E-state index contributed by atoms with van der Waals surface area (Å²) in [6.45, 7) is 2.47. The number of hydrogen-bond acceptors (Lipinski definition) is 7. The van der Waals surface area contributed by atoms with E-state index in [2.05, 4.69) is 37.1 Å². The molecule has 3 N–H and O–H groups in total. The summed E-state index contributed by atoms with van der Waals surface area (Å²) in [6.07, 6.45) is 5.45. The summed E-state index contributed by atoms with van der Waals surface area (Å²) < 4.78 is 32.0. The van der Waals surface area contributed by atoms with Gasteiger partial charge in [-0.3, -0.25) is 4.79 Å². The van der Waals surface area contributed by atoms with Crippen LogP contribution in [-0.2, 0) is 7.05 Å². The highest BCUT2D eigenvalue weighted by Gasteiger charge is 2.42. The zero-order valence-corrected chi connectivity index (χ0v) is 22.6. The van der Waals surface area contributed by atoms with Gasteiger partial charge >= 0.3 is 5.97 Å². The molecule has 41 heavy (non-hydrogen) atoms. The molecule has 0 unspecified atom stereocenters. The number of H-pyrrole nitrogens is 1. The first-order valence-electron chi connectivity index (χ1n) is 13.4. The molecule has 10 nitrogen and oxygen atoms in total. The number of pyridine rings is 3. The van der Waals surface area contributed by atoms with Crippen LogP contribution in [0.15, 0.2) is 35.5 Å². The van der Waals surface area contributed by atoms with Gasteiger partial charge < -0.3 is 29.8 Å². The first kappa shape index (κ1) is 25.4. The molecule has 6 heterocycles. The summed E-state index contributed by atoms with van der Waals surface area (Å²) >= 11 is 0. The van der Waals surface area contributed by atoms with Gasteiger partial charge in [0.25, 0.3) is 0 Å². The van der Waals surface area contributed by atoms with Crippen LogP contribution in [0.2, 0.25) is 0 Å². The molecule has 0 radical (unpaired) electrons. The van der Waals surface area contributed by atoms with Gasteiger partial charge in [0.1, 0.15) is 16.9 Å². The molecule has 2 saturated heterocycles. The lowest BCUT2D eigenvalue weighted by Gasteiger charge is -2.29. The number of anilines is 2. The van der Waals surface area contributed by atoms with E-state index in [4.69, 9.17) is 0 Å². The fourth-order valence-electron chi connectivity index (χ4n) is 6.76. The maximum absolute atomic E-state index is 15.6. The first-order chi connectivity index (χ1) is 19.7. The molecule has 0 bridgehead atoms. The molecule has 0 amide bonds. The Morgan fingerprint density at radius 2 is 1.95 bits per heavy atom. The lowest BCUT2D eigenvalue weighted by Crippen LogP contribution is -2.35. The molecular formula is C29H27F2N7O3. The third kappa shape index (κ3) is 3.63. The van der Waals surface area contributed by atoms with Crippen molar-refractivity contribution >= 4 is 50.3 Å². The minimum Gasteiger partial charge on any atom is -0.477 e. The van der Waals surface area contributed by atoms with Gasteiger partial charge in [-0.1, -0.05) is 0 Å². The van der Waals surface area contributed by atoms with Crippen molar-refractivity contribution < 1.29 is 18.7 Å². The number of nitrogens with zero attached hydrogens (tertiary/aromatic N) is 5. The molecule has 210 valence electrons. The molecule has 4 aromatic heterocycles. The number of likely N-dealkylation sites (tertiary alicyclic amines) is 1. The third-order valence-electron chi connectivity index (χ3n) is 8.61. The van der Waals surface area contributed by atoms with Crippen LogP contribution in [0, 0.1) is 17.6 Å². The van der Waals surface area contributed by atoms with Crippen LogP contribution in [-0.4, -0.2) is 75.3 Å². The topological polar surface area (TPSA) is 119 Å². The smallest absolute Gasteiger partial charge is 0.341 e. The Morgan fingerprint density at radius 1 is 1.15 bits per heavy atom. The number of likely N-dealkylation sites (N-methyl/N-ethyl adjacent to an activating group) is 1. The average molecular weight is 560 g/mol. The van der Waals surface area contributed by atoms with Crippen LogP contribution in [0.3, 0.4) is 0 Å². The number of hydrogen-bond donors (Lipinski definition) is 3. The summed E-state index contributed by atoms with van der Waals surface area (Å²) in [4.78, 5) is 41.8. The van der Waals surface area contributed by atoms with E-state index < -0.39 is 23.0 Å². The minimum atomic E-state index is -1.33. The lowest BCUT2D eigenvalue weighted by molar-refractivity contribution is 0.0695. The molecule has 0 spiro atoms. The summed E-state index contributed by atoms with van der Waals surface area (Å²) in [5.41, 5.74) is 2.35. The molecule has 2 atom stereocenters. The summed E-state index contributed by atoms with van der Waals surface area (Å²) in [5, 5.41) is 13.2. The molecular weight excluding hydrogens is 532 g/mol. The molecule has 2 aliphatic rings. The normalized spacial score (nSPS) is 19.1. The SMILES string of the molecule is CNc1cc(F)c(F)c2c1[nH]c1ncc(-c3cnc4c(c3)c(=O)c(C(=O)O)cn4C)c(N3CC[C@@H]4CN(C)C[C@@H]43)c12. The predicted octanol–water partition coefficient (Wildman–Crippen LogP) is 3.79. The van der Waals surface area contributed by atoms with Crippen molar-refractivity contribution in [2.24, 2.45) is 13.0 Å². The fourth-order valence-corrected chi connectivity index (χ4v) is 6.76. The molecule has 12 heteroatoms. The predicted molar refractivity (Wildman–Crippen MR) is 153 cm³/mol. The minimum absolute atomic E-state index is 0.0985. The highest BCUT2D eigenvalue weighted by Crippen LogP contribution is 2.46. The number of halogens is 2. The molecule has 2 fully saturated rings. The van der Waals surface area contributed by atoms with E-state index in [1.807, 2.05) is 0 Å². The number of rotatable bonds is 4. The number of fused-ring (bicyclic) bond motifs is 5. The van der Waals surface area contributed by atoms with Crippen molar-refractivity contribution in [1.82, 2.24) is 24.4 Å². The second kappa shape index (κ2) is 8.96. The summed E-state index contributed by atoms with van der Waals surface area (Å²) in [5.74, 6) is -2.86. The Morgan fingerprint density at radius 3 is 2.71 bits per heavy atom. The number of aromatic nitrogens is 4. The van der Waals surface area contributed by atoms with Gasteiger partial charge in [-0.05, 0) is 25.5 Å².